The predicted molar refractivity (Wildman–Crippen MR) is 87.3 cm³/mol. The van der Waals surface area contributed by atoms with Crippen molar-refractivity contribution in [2.45, 2.75) is 31.1 Å². The zero-order chi connectivity index (χ0) is 16.5. The Balaban J connectivity index is 2.40. The lowest BCUT2D eigenvalue weighted by Crippen LogP contribution is -2.15. The molecular formula is C15H17NO4S2. The molecule has 0 saturated carbocycles. The zero-order valence-corrected chi connectivity index (χ0v) is 14.1. The molecule has 0 amide bonds. The Kier molecular flexibility index (Phi) is 4.30. The van der Waals surface area contributed by atoms with Gasteiger partial charge in [0.2, 0.25) is 0 Å². The molecule has 1 aromatic heterocycles. The van der Waals surface area contributed by atoms with Crippen LogP contribution in [0.3, 0.4) is 0 Å². The average Bonchev–Trinajstić information content (AvgIpc) is 2.83. The highest BCUT2D eigenvalue weighted by atomic mass is 32.2. The van der Waals surface area contributed by atoms with Crippen molar-refractivity contribution in [3.8, 4) is 5.75 Å². The van der Waals surface area contributed by atoms with Crippen molar-refractivity contribution < 1.29 is 18.3 Å². The van der Waals surface area contributed by atoms with Crippen molar-refractivity contribution in [2.75, 3.05) is 4.72 Å². The van der Waals surface area contributed by atoms with Crippen LogP contribution in [0.4, 0.5) is 5.69 Å². The van der Waals surface area contributed by atoms with Crippen LogP contribution in [-0.4, -0.2) is 19.8 Å². The molecule has 0 radical (unpaired) electrons. The second-order valence-electron chi connectivity index (χ2n) is 5.85. The van der Waals surface area contributed by atoms with Gasteiger partial charge in [0, 0.05) is 0 Å². The number of rotatable bonds is 4. The van der Waals surface area contributed by atoms with Gasteiger partial charge in [-0.2, -0.15) is 0 Å². The van der Waals surface area contributed by atoms with Crippen LogP contribution in [0.2, 0.25) is 0 Å². The maximum absolute atomic E-state index is 12.4. The number of hydrogen-bond acceptors (Lipinski definition) is 5. The largest absolute Gasteiger partial charge is 0.507 e. The van der Waals surface area contributed by atoms with E-state index >= 15 is 0 Å². The van der Waals surface area contributed by atoms with E-state index in [4.69, 9.17) is 0 Å². The molecule has 1 aromatic carbocycles. The lowest BCUT2D eigenvalue weighted by atomic mass is 9.87. The van der Waals surface area contributed by atoms with Crippen molar-refractivity contribution in [1.29, 1.82) is 0 Å². The highest BCUT2D eigenvalue weighted by Gasteiger charge is 2.23. The smallest absolute Gasteiger partial charge is 0.265 e. The fraction of sp³-hybridized carbons (Fsp3) is 0.267. The van der Waals surface area contributed by atoms with Crippen LogP contribution in [0.15, 0.2) is 34.5 Å². The minimum Gasteiger partial charge on any atom is -0.507 e. The van der Waals surface area contributed by atoms with Crippen LogP contribution in [0.25, 0.3) is 0 Å². The van der Waals surface area contributed by atoms with Crippen LogP contribution in [0, 0.1) is 0 Å². The summed E-state index contributed by atoms with van der Waals surface area (Å²) >= 11 is 1.14. The number of carbonyl (C=O) groups is 1. The quantitative estimate of drug-likeness (QED) is 0.837. The van der Waals surface area contributed by atoms with Crippen LogP contribution in [0.1, 0.15) is 36.0 Å². The minimum absolute atomic E-state index is 0.203. The first-order chi connectivity index (χ1) is 10.1. The molecule has 2 rings (SSSR count). The van der Waals surface area contributed by atoms with Gasteiger partial charge >= 0.3 is 0 Å². The summed E-state index contributed by atoms with van der Waals surface area (Å²) in [5.41, 5.74) is 0.831. The Hall–Kier alpha value is -1.86. The van der Waals surface area contributed by atoms with Gasteiger partial charge in [-0.3, -0.25) is 9.52 Å². The molecule has 0 aliphatic heterocycles. The van der Waals surface area contributed by atoms with Gasteiger partial charge in [-0.25, -0.2) is 8.42 Å². The minimum atomic E-state index is -3.96. The summed E-state index contributed by atoms with van der Waals surface area (Å²) in [4.78, 5) is 10.9. The fourth-order valence-electron chi connectivity index (χ4n) is 1.91. The number of hydrogen-bond donors (Lipinski definition) is 2. The Labute approximate surface area is 133 Å². The standard InChI is InChI=1S/C15H17NO4S2/c1-15(2,3)10-4-5-14(12(18)8-10)22(19,20)16-11-6-7-21-13(11)9-17/h4-9,16,18H,1-3H3. The molecule has 0 aliphatic rings. The Morgan fingerprint density at radius 1 is 1.23 bits per heavy atom. The second kappa shape index (κ2) is 5.73. The molecule has 0 spiro atoms. The third kappa shape index (κ3) is 3.31. The van der Waals surface area contributed by atoms with E-state index in [0.29, 0.717) is 6.29 Å². The monoisotopic (exact) mass is 339 g/mol. The number of nitrogens with one attached hydrogen (secondary N) is 1. The molecule has 0 saturated heterocycles. The highest BCUT2D eigenvalue weighted by molar-refractivity contribution is 7.92. The first-order valence-corrected chi connectivity index (χ1v) is 8.90. The molecule has 22 heavy (non-hydrogen) atoms. The molecule has 1 heterocycles. The number of anilines is 1. The summed E-state index contributed by atoms with van der Waals surface area (Å²) in [5, 5.41) is 11.7. The van der Waals surface area contributed by atoms with E-state index in [9.17, 15) is 18.3 Å². The number of sulfonamides is 1. The van der Waals surface area contributed by atoms with Gasteiger partial charge in [-0.1, -0.05) is 26.8 Å². The fourth-order valence-corrected chi connectivity index (χ4v) is 3.78. The Morgan fingerprint density at radius 2 is 1.91 bits per heavy atom. The summed E-state index contributed by atoms with van der Waals surface area (Å²) in [6.45, 7) is 5.90. The molecule has 2 aromatic rings. The lowest BCUT2D eigenvalue weighted by molar-refractivity contribution is 0.112. The molecule has 5 nitrogen and oxygen atoms in total. The maximum Gasteiger partial charge on any atom is 0.265 e. The van der Waals surface area contributed by atoms with Crippen LogP contribution < -0.4 is 4.72 Å². The van der Waals surface area contributed by atoms with E-state index < -0.39 is 10.0 Å². The molecule has 0 fully saturated rings. The van der Waals surface area contributed by atoms with Crippen molar-refractivity contribution in [3.63, 3.8) is 0 Å². The van der Waals surface area contributed by atoms with E-state index in [0.717, 1.165) is 16.9 Å². The van der Waals surface area contributed by atoms with Crippen molar-refractivity contribution >= 4 is 33.3 Å². The van der Waals surface area contributed by atoms with Crippen molar-refractivity contribution in [1.82, 2.24) is 0 Å². The summed E-state index contributed by atoms with van der Waals surface area (Å²) in [6.07, 6.45) is 0.588. The van der Waals surface area contributed by atoms with Gasteiger partial charge < -0.3 is 5.11 Å². The predicted octanol–water partition coefficient (Wildman–Crippen LogP) is 3.36. The first kappa shape index (κ1) is 16.5. The number of phenolic OH excluding ortho intramolecular Hbond substituents is 1. The van der Waals surface area contributed by atoms with Gasteiger partial charge in [-0.15, -0.1) is 11.3 Å². The third-order valence-electron chi connectivity index (χ3n) is 3.16. The number of carbonyl (C=O) groups excluding carboxylic acids is 1. The van der Waals surface area contributed by atoms with Crippen molar-refractivity contribution in [2.24, 2.45) is 0 Å². The maximum atomic E-state index is 12.4. The first-order valence-electron chi connectivity index (χ1n) is 6.54. The summed E-state index contributed by atoms with van der Waals surface area (Å²) in [7, 11) is -3.96. The molecular weight excluding hydrogens is 322 g/mol. The summed E-state index contributed by atoms with van der Waals surface area (Å²) < 4.78 is 27.1. The highest BCUT2D eigenvalue weighted by Crippen LogP contribution is 2.32. The van der Waals surface area contributed by atoms with Crippen LogP contribution in [-0.2, 0) is 15.4 Å². The molecule has 2 N–H and O–H groups in total. The van der Waals surface area contributed by atoms with Gasteiger partial charge in [0.25, 0.3) is 10.0 Å². The Bertz CT molecular complexity index is 801. The van der Waals surface area contributed by atoms with Gasteiger partial charge in [0.05, 0.1) is 10.6 Å². The molecule has 118 valence electrons. The number of phenols is 1. The number of thiophene rings is 1. The van der Waals surface area contributed by atoms with E-state index in [1.54, 1.807) is 11.4 Å². The normalized spacial score (nSPS) is 12.1. The summed E-state index contributed by atoms with van der Waals surface area (Å²) in [6, 6.07) is 5.99. The molecule has 7 heteroatoms. The average molecular weight is 339 g/mol. The molecule has 0 atom stereocenters. The lowest BCUT2D eigenvalue weighted by Gasteiger charge is -2.20. The summed E-state index contributed by atoms with van der Waals surface area (Å²) in [5.74, 6) is -0.317. The molecule has 0 unspecified atom stereocenters. The number of benzene rings is 1. The molecule has 0 aliphatic carbocycles. The van der Waals surface area contributed by atoms with Gasteiger partial charge in [-0.05, 0) is 34.6 Å². The zero-order valence-electron chi connectivity index (χ0n) is 12.5. The van der Waals surface area contributed by atoms with Crippen LogP contribution in [0.5, 0.6) is 5.75 Å². The van der Waals surface area contributed by atoms with E-state index in [-0.39, 0.29) is 26.6 Å². The van der Waals surface area contributed by atoms with E-state index in [1.165, 1.54) is 18.2 Å². The van der Waals surface area contributed by atoms with E-state index in [2.05, 4.69) is 4.72 Å². The number of aromatic hydroxyl groups is 1. The molecule has 0 bridgehead atoms. The second-order valence-corrected chi connectivity index (χ2v) is 8.45. The van der Waals surface area contributed by atoms with Crippen LogP contribution >= 0.6 is 11.3 Å². The topological polar surface area (TPSA) is 83.5 Å². The van der Waals surface area contributed by atoms with Gasteiger partial charge in [0.1, 0.15) is 10.6 Å². The van der Waals surface area contributed by atoms with Gasteiger partial charge in [0.15, 0.2) is 6.29 Å². The SMILES string of the molecule is CC(C)(C)c1ccc(S(=O)(=O)Nc2ccsc2C=O)c(O)c1. The van der Waals surface area contributed by atoms with E-state index in [1.807, 2.05) is 20.8 Å². The number of aldehydes is 1. The van der Waals surface area contributed by atoms with Crippen molar-refractivity contribution in [3.05, 3.63) is 40.1 Å². The third-order valence-corrected chi connectivity index (χ3v) is 5.42. The Morgan fingerprint density at radius 3 is 2.45 bits per heavy atom.